The van der Waals surface area contributed by atoms with Gasteiger partial charge in [0.1, 0.15) is 17.5 Å². The summed E-state index contributed by atoms with van der Waals surface area (Å²) in [4.78, 5) is 19.7. The number of nitrogens with zero attached hydrogens (tertiary/aromatic N) is 2. The summed E-state index contributed by atoms with van der Waals surface area (Å²) in [6, 6.07) is -0.100. The van der Waals surface area contributed by atoms with E-state index in [1.54, 1.807) is 0 Å². The lowest BCUT2D eigenvalue weighted by Gasteiger charge is -2.18. The van der Waals surface area contributed by atoms with E-state index in [1.807, 2.05) is 27.7 Å². The van der Waals surface area contributed by atoms with E-state index in [2.05, 4.69) is 20.7 Å². The maximum absolute atomic E-state index is 10.9. The maximum atomic E-state index is 10.9. The van der Waals surface area contributed by atoms with Gasteiger partial charge in [-0.2, -0.15) is 0 Å². The van der Waals surface area contributed by atoms with E-state index >= 15 is 0 Å². The van der Waals surface area contributed by atoms with Gasteiger partial charge in [-0.05, 0) is 13.8 Å². The molecule has 0 aromatic carbocycles. The van der Waals surface area contributed by atoms with Crippen molar-refractivity contribution in [3.8, 4) is 0 Å². The molecule has 7 nitrogen and oxygen atoms in total. The van der Waals surface area contributed by atoms with Crippen LogP contribution in [0.2, 0.25) is 0 Å². The summed E-state index contributed by atoms with van der Waals surface area (Å²) in [6.45, 7) is 7.73. The fourth-order valence-corrected chi connectivity index (χ4v) is 1.66. The van der Waals surface area contributed by atoms with Crippen LogP contribution < -0.4 is 22.3 Å². The molecule has 1 unspecified atom stereocenters. The van der Waals surface area contributed by atoms with Gasteiger partial charge in [-0.15, -0.1) is 0 Å². The Kier molecular flexibility index (Phi) is 5.05. The molecule has 0 radical (unpaired) electrons. The van der Waals surface area contributed by atoms with Crippen molar-refractivity contribution >= 4 is 17.5 Å². The van der Waals surface area contributed by atoms with Gasteiger partial charge in [-0.25, -0.2) is 15.8 Å². The zero-order valence-corrected chi connectivity index (χ0v) is 11.8. The number of rotatable bonds is 6. The number of hydrazine groups is 1. The van der Waals surface area contributed by atoms with Crippen LogP contribution in [-0.4, -0.2) is 21.9 Å². The van der Waals surface area contributed by atoms with Crippen LogP contribution in [0.3, 0.4) is 0 Å². The Balaban J connectivity index is 3.04. The predicted octanol–water partition coefficient (Wildman–Crippen LogP) is 0.870. The Hall–Kier alpha value is -1.89. The van der Waals surface area contributed by atoms with Gasteiger partial charge in [-0.1, -0.05) is 13.8 Å². The Morgan fingerprint density at radius 1 is 1.26 bits per heavy atom. The topological polar surface area (TPSA) is 119 Å². The smallest absolute Gasteiger partial charge is 0.219 e. The number of anilines is 2. The van der Waals surface area contributed by atoms with Crippen molar-refractivity contribution in [3.05, 3.63) is 11.4 Å². The average Bonchev–Trinajstić information content (AvgIpc) is 2.30. The van der Waals surface area contributed by atoms with Crippen molar-refractivity contribution < 1.29 is 4.79 Å². The van der Waals surface area contributed by atoms with Gasteiger partial charge in [0.2, 0.25) is 5.91 Å². The molecular formula is C12H22N6O. The van der Waals surface area contributed by atoms with E-state index in [-0.39, 0.29) is 24.3 Å². The Labute approximate surface area is 113 Å². The second kappa shape index (κ2) is 6.33. The van der Waals surface area contributed by atoms with Gasteiger partial charge in [0, 0.05) is 23.9 Å². The summed E-state index contributed by atoms with van der Waals surface area (Å²) in [7, 11) is 0. The first-order chi connectivity index (χ1) is 8.85. The van der Waals surface area contributed by atoms with E-state index < -0.39 is 0 Å². The number of aromatic nitrogens is 2. The molecule has 0 aliphatic heterocycles. The molecule has 1 heterocycles. The molecule has 0 saturated heterocycles. The van der Waals surface area contributed by atoms with Crippen LogP contribution in [0.15, 0.2) is 0 Å². The number of hydrogen-bond acceptors (Lipinski definition) is 6. The van der Waals surface area contributed by atoms with E-state index in [0.29, 0.717) is 17.5 Å². The number of carbonyl (C=O) groups excluding carboxylic acids is 1. The lowest BCUT2D eigenvalue weighted by atomic mass is 10.2. The number of nitrogens with two attached hydrogens (primary N) is 2. The van der Waals surface area contributed by atoms with Gasteiger partial charge in [0.15, 0.2) is 0 Å². The average molecular weight is 266 g/mol. The largest absolute Gasteiger partial charge is 0.370 e. The zero-order chi connectivity index (χ0) is 14.6. The van der Waals surface area contributed by atoms with Crippen molar-refractivity contribution in [3.63, 3.8) is 0 Å². The summed E-state index contributed by atoms with van der Waals surface area (Å²) in [5.41, 5.74) is 8.55. The number of primary amides is 1. The van der Waals surface area contributed by atoms with E-state index in [9.17, 15) is 4.79 Å². The minimum absolute atomic E-state index is 0.100. The quantitative estimate of drug-likeness (QED) is 0.448. The number of nitrogens with one attached hydrogen (secondary N) is 2. The van der Waals surface area contributed by atoms with Crippen LogP contribution in [0.5, 0.6) is 0 Å². The molecule has 0 saturated carbocycles. The molecule has 1 rings (SSSR count). The SMILES string of the molecule is Cc1c(NN)nc(C(C)C)nc1NC(C)CC(N)=O. The molecule has 19 heavy (non-hydrogen) atoms. The molecule has 0 bridgehead atoms. The number of nitrogen functional groups attached to an aromatic ring is 1. The van der Waals surface area contributed by atoms with Crippen molar-refractivity contribution in [1.29, 1.82) is 0 Å². The molecule has 0 fully saturated rings. The van der Waals surface area contributed by atoms with Crippen molar-refractivity contribution in [2.75, 3.05) is 10.7 Å². The fraction of sp³-hybridized carbons (Fsp3) is 0.583. The van der Waals surface area contributed by atoms with Crippen molar-refractivity contribution in [1.82, 2.24) is 9.97 Å². The molecule has 1 aromatic heterocycles. The standard InChI is InChI=1S/C12H22N6O/c1-6(2)10-16-11(8(4)12(17-10)18-14)15-7(3)5-9(13)19/h6-7H,5,14H2,1-4H3,(H2,13,19)(H2,15,16,17,18). The molecule has 0 spiro atoms. The molecule has 6 N–H and O–H groups in total. The van der Waals surface area contributed by atoms with E-state index in [0.717, 1.165) is 5.56 Å². The van der Waals surface area contributed by atoms with Crippen LogP contribution in [-0.2, 0) is 4.79 Å². The van der Waals surface area contributed by atoms with Crippen LogP contribution in [0.1, 0.15) is 44.5 Å². The minimum atomic E-state index is -0.354. The first-order valence-corrected chi connectivity index (χ1v) is 6.25. The summed E-state index contributed by atoms with van der Waals surface area (Å²) in [5.74, 6) is 7.22. The van der Waals surface area contributed by atoms with Crippen molar-refractivity contribution in [2.45, 2.75) is 46.1 Å². The zero-order valence-electron chi connectivity index (χ0n) is 11.8. The highest BCUT2D eigenvalue weighted by atomic mass is 16.1. The maximum Gasteiger partial charge on any atom is 0.219 e. The molecule has 106 valence electrons. The Morgan fingerprint density at radius 3 is 2.32 bits per heavy atom. The third-order valence-corrected chi connectivity index (χ3v) is 2.71. The Morgan fingerprint density at radius 2 is 1.84 bits per heavy atom. The fourth-order valence-electron chi connectivity index (χ4n) is 1.66. The molecule has 0 aliphatic carbocycles. The van der Waals surface area contributed by atoms with Gasteiger partial charge < -0.3 is 16.5 Å². The summed E-state index contributed by atoms with van der Waals surface area (Å²) >= 11 is 0. The summed E-state index contributed by atoms with van der Waals surface area (Å²) < 4.78 is 0. The lowest BCUT2D eigenvalue weighted by molar-refractivity contribution is -0.118. The van der Waals surface area contributed by atoms with Crippen LogP contribution in [0.4, 0.5) is 11.6 Å². The minimum Gasteiger partial charge on any atom is -0.370 e. The van der Waals surface area contributed by atoms with Crippen LogP contribution >= 0.6 is 0 Å². The van der Waals surface area contributed by atoms with Crippen LogP contribution in [0, 0.1) is 6.92 Å². The molecule has 1 amide bonds. The van der Waals surface area contributed by atoms with Crippen molar-refractivity contribution in [2.24, 2.45) is 11.6 Å². The van der Waals surface area contributed by atoms with E-state index in [4.69, 9.17) is 11.6 Å². The first-order valence-electron chi connectivity index (χ1n) is 6.25. The second-order valence-electron chi connectivity index (χ2n) is 4.92. The molecule has 7 heteroatoms. The molecule has 0 aliphatic rings. The normalized spacial score (nSPS) is 12.3. The number of amides is 1. The molecule has 1 aromatic rings. The van der Waals surface area contributed by atoms with Gasteiger partial charge in [-0.3, -0.25) is 4.79 Å². The number of carbonyl (C=O) groups is 1. The first kappa shape index (κ1) is 15.2. The highest BCUT2D eigenvalue weighted by Crippen LogP contribution is 2.23. The predicted molar refractivity (Wildman–Crippen MR) is 75.6 cm³/mol. The Bertz CT molecular complexity index is 460. The van der Waals surface area contributed by atoms with Crippen LogP contribution in [0.25, 0.3) is 0 Å². The molecular weight excluding hydrogens is 244 g/mol. The van der Waals surface area contributed by atoms with E-state index in [1.165, 1.54) is 0 Å². The third-order valence-electron chi connectivity index (χ3n) is 2.71. The van der Waals surface area contributed by atoms with Gasteiger partial charge in [0.05, 0.1) is 0 Å². The molecule has 1 atom stereocenters. The summed E-state index contributed by atoms with van der Waals surface area (Å²) in [5, 5.41) is 3.16. The lowest BCUT2D eigenvalue weighted by Crippen LogP contribution is -2.25. The highest BCUT2D eigenvalue weighted by Gasteiger charge is 2.15. The van der Waals surface area contributed by atoms with Gasteiger partial charge >= 0.3 is 0 Å². The summed E-state index contributed by atoms with van der Waals surface area (Å²) in [6.07, 6.45) is 0.242. The number of hydrogen-bond donors (Lipinski definition) is 4. The second-order valence-corrected chi connectivity index (χ2v) is 4.92. The highest BCUT2D eigenvalue weighted by molar-refractivity contribution is 5.75. The third kappa shape index (κ3) is 4.06. The van der Waals surface area contributed by atoms with Gasteiger partial charge in [0.25, 0.3) is 0 Å². The monoisotopic (exact) mass is 266 g/mol.